The predicted molar refractivity (Wildman–Crippen MR) is 114 cm³/mol. The molecule has 1 atom stereocenters. The van der Waals surface area contributed by atoms with Crippen LogP contribution in [-0.2, 0) is 9.53 Å². The van der Waals surface area contributed by atoms with Gasteiger partial charge in [-0.15, -0.1) is 0 Å². The molecule has 0 spiro atoms. The van der Waals surface area contributed by atoms with E-state index in [-0.39, 0.29) is 5.91 Å². The number of anilines is 2. The van der Waals surface area contributed by atoms with Crippen LogP contribution in [0.1, 0.15) is 26.7 Å². The van der Waals surface area contributed by atoms with Gasteiger partial charge in [0.2, 0.25) is 11.9 Å². The monoisotopic (exact) mass is 405 g/mol. The summed E-state index contributed by atoms with van der Waals surface area (Å²) in [5.74, 6) is 1.92. The first-order chi connectivity index (χ1) is 13.9. The molecule has 0 aliphatic carbocycles. The van der Waals surface area contributed by atoms with Gasteiger partial charge >= 0.3 is 0 Å². The minimum Gasteiger partial charge on any atom is -0.493 e. The normalized spacial score (nSPS) is 11.9. The first-order valence-electron chi connectivity index (χ1n) is 9.70. The lowest BCUT2D eigenvalue weighted by Crippen LogP contribution is -2.36. The van der Waals surface area contributed by atoms with Crippen molar-refractivity contribution in [2.24, 2.45) is 0 Å². The summed E-state index contributed by atoms with van der Waals surface area (Å²) in [5.41, 5.74) is 6.81. The Morgan fingerprint density at radius 1 is 1.24 bits per heavy atom. The lowest BCUT2D eigenvalue weighted by molar-refractivity contribution is -0.131. The standard InChI is InChI=1S/C20H31N5O4/c1-6-10-29-13(2)19(26)22-8-7-9-25(3)20-23-15-12-17(28-5)16(27-4)11-14(15)18(21)24-20/h11-13H,6-10H2,1-5H3,(H,22,26)(H2,21,23,24). The van der Waals surface area contributed by atoms with Gasteiger partial charge in [-0.3, -0.25) is 4.79 Å². The van der Waals surface area contributed by atoms with Crippen molar-refractivity contribution in [3.8, 4) is 11.5 Å². The average Bonchev–Trinajstić information content (AvgIpc) is 2.73. The maximum absolute atomic E-state index is 12.0. The predicted octanol–water partition coefficient (Wildman–Crippen LogP) is 1.99. The SMILES string of the molecule is CCCOC(C)C(=O)NCCCN(C)c1nc(N)c2cc(OC)c(OC)cc2n1. The molecule has 0 aliphatic heterocycles. The molecule has 160 valence electrons. The van der Waals surface area contributed by atoms with E-state index in [2.05, 4.69) is 15.3 Å². The van der Waals surface area contributed by atoms with Crippen LogP contribution in [-0.4, -0.2) is 62.9 Å². The van der Waals surface area contributed by atoms with E-state index in [4.69, 9.17) is 19.9 Å². The number of nitrogen functional groups attached to an aromatic ring is 1. The largest absolute Gasteiger partial charge is 0.493 e. The maximum atomic E-state index is 12.0. The average molecular weight is 405 g/mol. The number of nitrogens with zero attached hydrogens (tertiary/aromatic N) is 3. The summed E-state index contributed by atoms with van der Waals surface area (Å²) in [7, 11) is 5.03. The Kier molecular flexibility index (Phi) is 8.26. The number of hydrogen-bond donors (Lipinski definition) is 2. The highest BCUT2D eigenvalue weighted by Gasteiger charge is 2.15. The number of aromatic nitrogens is 2. The lowest BCUT2D eigenvalue weighted by Gasteiger charge is -2.19. The Balaban J connectivity index is 1.98. The number of rotatable bonds is 11. The van der Waals surface area contributed by atoms with Crippen LogP contribution in [0.2, 0.25) is 0 Å². The minimum atomic E-state index is -0.441. The number of benzene rings is 1. The summed E-state index contributed by atoms with van der Waals surface area (Å²) in [6.07, 6.45) is 1.18. The van der Waals surface area contributed by atoms with E-state index < -0.39 is 6.10 Å². The van der Waals surface area contributed by atoms with Gasteiger partial charge in [0, 0.05) is 38.2 Å². The van der Waals surface area contributed by atoms with Crippen molar-refractivity contribution in [3.63, 3.8) is 0 Å². The van der Waals surface area contributed by atoms with Crippen molar-refractivity contribution in [2.45, 2.75) is 32.8 Å². The van der Waals surface area contributed by atoms with Gasteiger partial charge in [-0.05, 0) is 25.8 Å². The minimum absolute atomic E-state index is 0.103. The van der Waals surface area contributed by atoms with Crippen molar-refractivity contribution in [1.82, 2.24) is 15.3 Å². The molecule has 2 rings (SSSR count). The Morgan fingerprint density at radius 2 is 1.93 bits per heavy atom. The Bertz CT molecular complexity index is 830. The topological polar surface area (TPSA) is 112 Å². The number of nitrogens with two attached hydrogens (primary N) is 1. The summed E-state index contributed by atoms with van der Waals surface area (Å²) in [6.45, 7) is 5.54. The number of amides is 1. The first-order valence-corrected chi connectivity index (χ1v) is 9.70. The molecule has 1 heterocycles. The lowest BCUT2D eigenvalue weighted by atomic mass is 10.2. The van der Waals surface area contributed by atoms with Crippen LogP contribution in [0.5, 0.6) is 11.5 Å². The second-order valence-electron chi connectivity index (χ2n) is 6.71. The quantitative estimate of drug-likeness (QED) is 0.546. The van der Waals surface area contributed by atoms with Gasteiger partial charge in [0.25, 0.3) is 0 Å². The first kappa shape index (κ1) is 22.5. The Labute approximate surface area is 171 Å². The number of carbonyl (C=O) groups is 1. The molecule has 1 aromatic heterocycles. The highest BCUT2D eigenvalue weighted by Crippen LogP contribution is 2.33. The molecule has 1 aromatic carbocycles. The molecule has 29 heavy (non-hydrogen) atoms. The van der Waals surface area contributed by atoms with Crippen LogP contribution in [0.4, 0.5) is 11.8 Å². The van der Waals surface area contributed by atoms with Crippen LogP contribution in [0.15, 0.2) is 12.1 Å². The fraction of sp³-hybridized carbons (Fsp3) is 0.550. The van der Waals surface area contributed by atoms with E-state index in [0.717, 1.165) is 12.8 Å². The Morgan fingerprint density at radius 3 is 2.59 bits per heavy atom. The van der Waals surface area contributed by atoms with Crippen molar-refractivity contribution < 1.29 is 19.0 Å². The zero-order valence-electron chi connectivity index (χ0n) is 17.8. The van der Waals surface area contributed by atoms with Crippen LogP contribution in [0, 0.1) is 0 Å². The highest BCUT2D eigenvalue weighted by atomic mass is 16.5. The smallest absolute Gasteiger partial charge is 0.248 e. The number of methoxy groups -OCH3 is 2. The highest BCUT2D eigenvalue weighted by molar-refractivity contribution is 5.91. The van der Waals surface area contributed by atoms with Crippen LogP contribution >= 0.6 is 0 Å². The van der Waals surface area contributed by atoms with Gasteiger partial charge < -0.3 is 30.2 Å². The molecule has 0 fully saturated rings. The van der Waals surface area contributed by atoms with Crippen molar-refractivity contribution in [1.29, 1.82) is 0 Å². The Hall–Kier alpha value is -2.81. The third kappa shape index (κ3) is 5.83. The second kappa shape index (κ2) is 10.7. The molecule has 0 radical (unpaired) electrons. The fourth-order valence-corrected chi connectivity index (χ4v) is 2.78. The number of carbonyl (C=O) groups excluding carboxylic acids is 1. The van der Waals surface area contributed by atoms with Crippen LogP contribution in [0.3, 0.4) is 0 Å². The molecule has 0 aliphatic rings. The third-order valence-corrected chi connectivity index (χ3v) is 4.47. The van der Waals surface area contributed by atoms with E-state index in [1.54, 1.807) is 33.3 Å². The van der Waals surface area contributed by atoms with Crippen LogP contribution in [0.25, 0.3) is 10.9 Å². The molecule has 1 unspecified atom stereocenters. The summed E-state index contributed by atoms with van der Waals surface area (Å²) >= 11 is 0. The summed E-state index contributed by atoms with van der Waals surface area (Å²) in [6, 6.07) is 3.55. The van der Waals surface area contributed by atoms with Gasteiger partial charge in [0.15, 0.2) is 11.5 Å². The molecule has 3 N–H and O–H groups in total. The van der Waals surface area contributed by atoms with Gasteiger partial charge in [0.1, 0.15) is 11.9 Å². The van der Waals surface area contributed by atoms with E-state index in [1.807, 2.05) is 18.9 Å². The number of ether oxygens (including phenoxy) is 3. The van der Waals surface area contributed by atoms with Gasteiger partial charge in [0.05, 0.1) is 19.7 Å². The molecule has 0 saturated carbocycles. The second-order valence-corrected chi connectivity index (χ2v) is 6.71. The molecular weight excluding hydrogens is 374 g/mol. The van der Waals surface area contributed by atoms with E-state index in [0.29, 0.717) is 53.9 Å². The fourth-order valence-electron chi connectivity index (χ4n) is 2.78. The van der Waals surface area contributed by atoms with Gasteiger partial charge in [-0.25, -0.2) is 4.98 Å². The zero-order chi connectivity index (χ0) is 21.4. The number of nitrogens with one attached hydrogen (secondary N) is 1. The third-order valence-electron chi connectivity index (χ3n) is 4.47. The van der Waals surface area contributed by atoms with E-state index in [9.17, 15) is 4.79 Å². The molecule has 9 nitrogen and oxygen atoms in total. The molecule has 0 bridgehead atoms. The van der Waals surface area contributed by atoms with Gasteiger partial charge in [-0.2, -0.15) is 4.98 Å². The summed E-state index contributed by atoms with van der Waals surface area (Å²) in [5, 5.41) is 3.58. The summed E-state index contributed by atoms with van der Waals surface area (Å²) < 4.78 is 16.1. The maximum Gasteiger partial charge on any atom is 0.248 e. The van der Waals surface area contributed by atoms with E-state index >= 15 is 0 Å². The van der Waals surface area contributed by atoms with Crippen molar-refractivity contribution >= 4 is 28.6 Å². The zero-order valence-corrected chi connectivity index (χ0v) is 17.8. The number of fused-ring (bicyclic) bond motifs is 1. The molecule has 9 heteroatoms. The van der Waals surface area contributed by atoms with E-state index in [1.165, 1.54) is 0 Å². The van der Waals surface area contributed by atoms with Crippen LogP contribution < -0.4 is 25.4 Å². The van der Waals surface area contributed by atoms with Gasteiger partial charge in [-0.1, -0.05) is 6.92 Å². The molecular formula is C20H31N5O4. The van der Waals surface area contributed by atoms with Crippen molar-refractivity contribution in [3.05, 3.63) is 12.1 Å². The molecule has 1 amide bonds. The number of hydrogen-bond acceptors (Lipinski definition) is 8. The molecule has 2 aromatic rings. The van der Waals surface area contributed by atoms with Crippen molar-refractivity contribution in [2.75, 3.05) is 51.6 Å². The molecule has 0 saturated heterocycles. The summed E-state index contributed by atoms with van der Waals surface area (Å²) in [4.78, 5) is 22.8.